The van der Waals surface area contributed by atoms with Gasteiger partial charge in [0.05, 0.1) is 0 Å². The van der Waals surface area contributed by atoms with Gasteiger partial charge in [0.1, 0.15) is 5.60 Å². The lowest BCUT2D eigenvalue weighted by Gasteiger charge is -2.35. The molecule has 1 amide bonds. The fraction of sp³-hybridized carbons (Fsp3) is 0.750. The van der Waals surface area contributed by atoms with Crippen LogP contribution in [0, 0.1) is 0 Å². The summed E-state index contributed by atoms with van der Waals surface area (Å²) < 4.78 is 5.34. The van der Waals surface area contributed by atoms with Crippen molar-refractivity contribution in [3.05, 3.63) is 12.2 Å². The molecule has 86 valence electrons. The first-order valence-corrected chi connectivity index (χ1v) is 5.46. The largest absolute Gasteiger partial charge is 0.444 e. The van der Waals surface area contributed by atoms with Gasteiger partial charge >= 0.3 is 6.09 Å². The lowest BCUT2D eigenvalue weighted by molar-refractivity contribution is 0.0163. The molecule has 1 unspecified atom stereocenters. The second kappa shape index (κ2) is 4.25. The van der Waals surface area contributed by atoms with Crippen LogP contribution in [-0.4, -0.2) is 29.2 Å². The average molecular weight is 211 g/mol. The Bertz CT molecular complexity index is 265. The second-order valence-corrected chi connectivity index (χ2v) is 5.25. The molecule has 1 atom stereocenters. The van der Waals surface area contributed by atoms with Gasteiger partial charge < -0.3 is 9.64 Å². The summed E-state index contributed by atoms with van der Waals surface area (Å²) in [7, 11) is 0. The number of hydrogen-bond acceptors (Lipinski definition) is 2. The Morgan fingerprint density at radius 3 is 2.67 bits per heavy atom. The summed E-state index contributed by atoms with van der Waals surface area (Å²) in [5.41, 5.74) is 0.689. The SMILES string of the molecule is C=C1CCC(C)N(C(=O)OC(C)(C)C)C1. The summed E-state index contributed by atoms with van der Waals surface area (Å²) in [6, 6.07) is 0.255. The second-order valence-electron chi connectivity index (χ2n) is 5.25. The Morgan fingerprint density at radius 1 is 1.53 bits per heavy atom. The highest BCUT2D eigenvalue weighted by Gasteiger charge is 2.28. The minimum atomic E-state index is -0.421. The van der Waals surface area contributed by atoms with E-state index in [4.69, 9.17) is 4.74 Å². The highest BCUT2D eigenvalue weighted by Crippen LogP contribution is 2.22. The normalized spacial score (nSPS) is 22.8. The Balaban J connectivity index is 2.61. The predicted molar refractivity (Wildman–Crippen MR) is 60.8 cm³/mol. The number of amides is 1. The summed E-state index contributed by atoms with van der Waals surface area (Å²) in [6.45, 7) is 12.3. The molecular weight excluding hydrogens is 190 g/mol. The summed E-state index contributed by atoms with van der Waals surface area (Å²) in [5.74, 6) is 0. The van der Waals surface area contributed by atoms with Crippen LogP contribution in [0.5, 0.6) is 0 Å². The van der Waals surface area contributed by atoms with Crippen molar-refractivity contribution in [2.75, 3.05) is 6.54 Å². The van der Waals surface area contributed by atoms with Crippen molar-refractivity contribution in [2.24, 2.45) is 0 Å². The molecule has 0 aromatic heterocycles. The molecule has 1 saturated heterocycles. The van der Waals surface area contributed by atoms with Gasteiger partial charge in [-0.15, -0.1) is 0 Å². The zero-order chi connectivity index (χ0) is 11.6. The zero-order valence-corrected chi connectivity index (χ0v) is 10.2. The van der Waals surface area contributed by atoms with Gasteiger partial charge in [-0.1, -0.05) is 12.2 Å². The molecule has 3 nitrogen and oxygen atoms in total. The molecule has 1 rings (SSSR count). The molecule has 0 spiro atoms. The summed E-state index contributed by atoms with van der Waals surface area (Å²) in [4.78, 5) is 13.6. The van der Waals surface area contributed by atoms with Gasteiger partial charge in [-0.3, -0.25) is 0 Å². The fourth-order valence-corrected chi connectivity index (χ4v) is 1.61. The molecule has 1 aliphatic rings. The number of likely N-dealkylation sites (tertiary alicyclic amines) is 1. The van der Waals surface area contributed by atoms with Gasteiger partial charge in [0, 0.05) is 12.6 Å². The molecule has 1 fully saturated rings. The van der Waals surface area contributed by atoms with E-state index in [1.807, 2.05) is 20.8 Å². The molecule has 0 saturated carbocycles. The van der Waals surface area contributed by atoms with Gasteiger partial charge in [-0.2, -0.15) is 0 Å². The van der Waals surface area contributed by atoms with Crippen molar-refractivity contribution in [2.45, 2.75) is 52.2 Å². The van der Waals surface area contributed by atoms with Crippen LogP contribution in [0.4, 0.5) is 4.79 Å². The quantitative estimate of drug-likeness (QED) is 0.576. The highest BCUT2D eigenvalue weighted by atomic mass is 16.6. The third kappa shape index (κ3) is 3.57. The third-order valence-electron chi connectivity index (χ3n) is 2.47. The smallest absolute Gasteiger partial charge is 0.410 e. The maximum Gasteiger partial charge on any atom is 0.410 e. The zero-order valence-electron chi connectivity index (χ0n) is 10.2. The summed E-state index contributed by atoms with van der Waals surface area (Å²) in [6.07, 6.45) is 1.77. The van der Waals surface area contributed by atoms with E-state index in [-0.39, 0.29) is 12.1 Å². The van der Waals surface area contributed by atoms with Crippen molar-refractivity contribution in [1.82, 2.24) is 4.90 Å². The average Bonchev–Trinajstić information content (AvgIpc) is 2.06. The van der Waals surface area contributed by atoms with E-state index >= 15 is 0 Å². The van der Waals surface area contributed by atoms with Crippen LogP contribution in [0.1, 0.15) is 40.5 Å². The number of rotatable bonds is 0. The molecule has 1 aliphatic heterocycles. The maximum atomic E-state index is 11.8. The number of carbonyl (C=O) groups excluding carboxylic acids is 1. The number of carbonyl (C=O) groups is 1. The fourth-order valence-electron chi connectivity index (χ4n) is 1.61. The van der Waals surface area contributed by atoms with Crippen LogP contribution in [0.2, 0.25) is 0 Å². The van der Waals surface area contributed by atoms with Crippen molar-refractivity contribution in [3.63, 3.8) is 0 Å². The molecule has 0 aromatic rings. The first-order chi connectivity index (χ1) is 6.79. The molecule has 0 N–H and O–H groups in total. The molecule has 0 aliphatic carbocycles. The van der Waals surface area contributed by atoms with Crippen molar-refractivity contribution in [1.29, 1.82) is 0 Å². The van der Waals surface area contributed by atoms with E-state index in [0.29, 0.717) is 6.54 Å². The molecule has 0 aromatic carbocycles. The summed E-state index contributed by atoms with van der Waals surface area (Å²) >= 11 is 0. The van der Waals surface area contributed by atoms with Crippen LogP contribution in [0.15, 0.2) is 12.2 Å². The number of piperidine rings is 1. The standard InChI is InChI=1S/C12H21NO2/c1-9-6-7-10(2)13(8-9)11(14)15-12(3,4)5/h10H,1,6-8H2,2-5H3. The molecule has 3 heteroatoms. The van der Waals surface area contributed by atoms with Crippen molar-refractivity contribution >= 4 is 6.09 Å². The van der Waals surface area contributed by atoms with Crippen LogP contribution < -0.4 is 0 Å². The van der Waals surface area contributed by atoms with Crippen molar-refractivity contribution in [3.8, 4) is 0 Å². The van der Waals surface area contributed by atoms with Gasteiger partial charge in [0.2, 0.25) is 0 Å². The monoisotopic (exact) mass is 211 g/mol. The topological polar surface area (TPSA) is 29.5 Å². The third-order valence-corrected chi connectivity index (χ3v) is 2.47. The Kier molecular flexibility index (Phi) is 3.42. The van der Waals surface area contributed by atoms with E-state index in [0.717, 1.165) is 18.4 Å². The van der Waals surface area contributed by atoms with E-state index in [1.165, 1.54) is 0 Å². The van der Waals surface area contributed by atoms with Crippen LogP contribution in [-0.2, 0) is 4.74 Å². The predicted octanol–water partition coefficient (Wildman–Crippen LogP) is 2.96. The van der Waals surface area contributed by atoms with E-state index in [2.05, 4.69) is 13.5 Å². The highest BCUT2D eigenvalue weighted by molar-refractivity contribution is 5.69. The Labute approximate surface area is 92.1 Å². The first kappa shape index (κ1) is 12.1. The minimum absolute atomic E-state index is 0.226. The lowest BCUT2D eigenvalue weighted by atomic mass is 10.0. The molecule has 1 heterocycles. The Hall–Kier alpha value is -0.990. The first-order valence-electron chi connectivity index (χ1n) is 5.46. The van der Waals surface area contributed by atoms with Crippen LogP contribution in [0.3, 0.4) is 0 Å². The lowest BCUT2D eigenvalue weighted by Crippen LogP contribution is -2.45. The summed E-state index contributed by atoms with van der Waals surface area (Å²) in [5, 5.41) is 0. The van der Waals surface area contributed by atoms with E-state index in [9.17, 15) is 4.79 Å². The maximum absolute atomic E-state index is 11.8. The molecule has 0 radical (unpaired) electrons. The minimum Gasteiger partial charge on any atom is -0.444 e. The van der Waals surface area contributed by atoms with Gasteiger partial charge in [0.25, 0.3) is 0 Å². The van der Waals surface area contributed by atoms with Crippen LogP contribution >= 0.6 is 0 Å². The van der Waals surface area contributed by atoms with Crippen molar-refractivity contribution < 1.29 is 9.53 Å². The molecule has 15 heavy (non-hydrogen) atoms. The molecular formula is C12H21NO2. The Morgan fingerprint density at radius 2 is 2.13 bits per heavy atom. The van der Waals surface area contributed by atoms with E-state index < -0.39 is 5.60 Å². The number of nitrogens with zero attached hydrogens (tertiary/aromatic N) is 1. The van der Waals surface area contributed by atoms with Crippen LogP contribution in [0.25, 0.3) is 0 Å². The van der Waals surface area contributed by atoms with Gasteiger partial charge in [-0.05, 0) is 40.5 Å². The van der Waals surface area contributed by atoms with Gasteiger partial charge in [-0.25, -0.2) is 4.79 Å². The number of hydrogen-bond donors (Lipinski definition) is 0. The van der Waals surface area contributed by atoms with Gasteiger partial charge in [0.15, 0.2) is 0 Å². The van der Waals surface area contributed by atoms with E-state index in [1.54, 1.807) is 4.90 Å². The molecule has 0 bridgehead atoms. The number of ether oxygens (including phenoxy) is 1.